The predicted molar refractivity (Wildman–Crippen MR) is 50.7 cm³/mol. The molecule has 0 bridgehead atoms. The van der Waals surface area contributed by atoms with Crippen molar-refractivity contribution in [2.75, 3.05) is 5.32 Å². The molecule has 6 heteroatoms. The van der Waals surface area contributed by atoms with Crippen molar-refractivity contribution in [3.63, 3.8) is 0 Å². The Morgan fingerprint density at radius 1 is 1.57 bits per heavy atom. The first-order valence-corrected chi connectivity index (χ1v) is 4.39. The van der Waals surface area contributed by atoms with Crippen molar-refractivity contribution in [1.29, 1.82) is 0 Å². The summed E-state index contributed by atoms with van der Waals surface area (Å²) in [6.45, 7) is 2.19. The molecule has 1 unspecified atom stereocenters. The van der Waals surface area contributed by atoms with Crippen LogP contribution in [0.1, 0.15) is 13.8 Å². The van der Waals surface area contributed by atoms with Crippen LogP contribution < -0.4 is 5.32 Å². The normalized spacial score (nSPS) is 13.8. The summed E-state index contributed by atoms with van der Waals surface area (Å²) in [4.78, 5) is 7.39. The van der Waals surface area contributed by atoms with Crippen LogP contribution in [0.25, 0.3) is 0 Å². The summed E-state index contributed by atoms with van der Waals surface area (Å²) in [7, 11) is 0. The van der Waals surface area contributed by atoms with Crippen LogP contribution in [0.15, 0.2) is 12.5 Å². The van der Waals surface area contributed by atoms with Crippen molar-refractivity contribution in [2.24, 2.45) is 0 Å². The Morgan fingerprint density at radius 2 is 2.21 bits per heavy atom. The first-order chi connectivity index (χ1) is 6.41. The van der Waals surface area contributed by atoms with Gasteiger partial charge in [0.25, 0.3) is 5.92 Å². The molecule has 0 aliphatic heterocycles. The molecular formula is C8H10ClF2N3. The maximum atomic E-state index is 12.8. The number of hydrogen-bond acceptors (Lipinski definition) is 3. The second-order valence-corrected chi connectivity index (χ2v) is 3.45. The van der Waals surface area contributed by atoms with E-state index in [1.165, 1.54) is 19.4 Å². The Morgan fingerprint density at radius 3 is 2.71 bits per heavy atom. The fourth-order valence-electron chi connectivity index (χ4n) is 0.751. The van der Waals surface area contributed by atoms with E-state index in [1.54, 1.807) is 0 Å². The van der Waals surface area contributed by atoms with Crippen LogP contribution in [0.2, 0.25) is 5.02 Å². The lowest BCUT2D eigenvalue weighted by atomic mass is 10.2. The van der Waals surface area contributed by atoms with Crippen molar-refractivity contribution in [3.8, 4) is 0 Å². The smallest absolute Gasteiger partial charge is 0.264 e. The molecule has 1 N–H and O–H groups in total. The van der Waals surface area contributed by atoms with E-state index < -0.39 is 12.0 Å². The van der Waals surface area contributed by atoms with Gasteiger partial charge in [0.2, 0.25) is 0 Å². The second-order valence-electron chi connectivity index (χ2n) is 3.04. The highest BCUT2D eigenvalue weighted by atomic mass is 35.5. The van der Waals surface area contributed by atoms with Gasteiger partial charge in [-0.25, -0.2) is 18.7 Å². The van der Waals surface area contributed by atoms with Crippen LogP contribution >= 0.6 is 11.6 Å². The third-order valence-corrected chi connectivity index (χ3v) is 2.06. The first kappa shape index (κ1) is 11.1. The maximum Gasteiger partial charge on any atom is 0.264 e. The number of halogens is 3. The van der Waals surface area contributed by atoms with Crippen LogP contribution in [0, 0.1) is 0 Å². The lowest BCUT2D eigenvalue weighted by Crippen LogP contribution is -2.34. The summed E-state index contributed by atoms with van der Waals surface area (Å²) in [5.41, 5.74) is 0. The summed E-state index contributed by atoms with van der Waals surface area (Å²) in [6, 6.07) is -1.03. The van der Waals surface area contributed by atoms with Gasteiger partial charge in [0.05, 0.1) is 12.2 Å². The van der Waals surface area contributed by atoms with Crippen molar-refractivity contribution in [3.05, 3.63) is 17.5 Å². The zero-order valence-electron chi connectivity index (χ0n) is 7.76. The number of nitrogens with one attached hydrogen (secondary N) is 1. The largest absolute Gasteiger partial charge is 0.360 e. The van der Waals surface area contributed by atoms with Crippen LogP contribution in [0.4, 0.5) is 14.6 Å². The van der Waals surface area contributed by atoms with E-state index in [-0.39, 0.29) is 10.8 Å². The summed E-state index contributed by atoms with van der Waals surface area (Å²) >= 11 is 5.69. The van der Waals surface area contributed by atoms with Gasteiger partial charge in [-0.3, -0.25) is 0 Å². The average Bonchev–Trinajstić information content (AvgIpc) is 2.07. The molecule has 78 valence electrons. The minimum atomic E-state index is -2.83. The molecule has 0 fully saturated rings. The second kappa shape index (κ2) is 4.04. The zero-order valence-corrected chi connectivity index (χ0v) is 8.52. The minimum absolute atomic E-state index is 0.218. The van der Waals surface area contributed by atoms with E-state index in [2.05, 4.69) is 15.3 Å². The van der Waals surface area contributed by atoms with Crippen LogP contribution in [-0.2, 0) is 0 Å². The zero-order chi connectivity index (χ0) is 10.8. The van der Waals surface area contributed by atoms with Gasteiger partial charge in [-0.1, -0.05) is 11.6 Å². The predicted octanol–water partition coefficient (Wildman–Crippen LogP) is 2.59. The van der Waals surface area contributed by atoms with Gasteiger partial charge >= 0.3 is 0 Å². The Labute approximate surface area is 85.5 Å². The van der Waals surface area contributed by atoms with Gasteiger partial charge in [0.1, 0.15) is 17.2 Å². The minimum Gasteiger partial charge on any atom is -0.360 e. The molecule has 0 aliphatic carbocycles. The number of aromatic nitrogens is 2. The Bertz CT molecular complexity index is 314. The van der Waals surface area contributed by atoms with Gasteiger partial charge in [-0.15, -0.1) is 0 Å². The van der Waals surface area contributed by atoms with E-state index in [4.69, 9.17) is 11.6 Å². The van der Waals surface area contributed by atoms with Gasteiger partial charge in [-0.05, 0) is 6.92 Å². The van der Waals surface area contributed by atoms with Gasteiger partial charge in [0, 0.05) is 6.92 Å². The Kier molecular flexibility index (Phi) is 3.21. The molecule has 0 saturated heterocycles. The van der Waals surface area contributed by atoms with Crippen LogP contribution in [-0.4, -0.2) is 21.9 Å². The summed E-state index contributed by atoms with van der Waals surface area (Å²) in [5.74, 6) is -2.61. The van der Waals surface area contributed by atoms with E-state index in [9.17, 15) is 8.78 Å². The monoisotopic (exact) mass is 221 g/mol. The molecule has 0 spiro atoms. The molecule has 1 aromatic heterocycles. The quantitative estimate of drug-likeness (QED) is 0.853. The topological polar surface area (TPSA) is 37.8 Å². The third-order valence-electron chi connectivity index (χ3n) is 1.78. The molecule has 1 heterocycles. The fourth-order valence-corrected chi connectivity index (χ4v) is 0.910. The molecule has 14 heavy (non-hydrogen) atoms. The summed E-state index contributed by atoms with van der Waals surface area (Å²) in [5, 5.41) is 2.74. The van der Waals surface area contributed by atoms with Gasteiger partial charge in [-0.2, -0.15) is 0 Å². The van der Waals surface area contributed by atoms with E-state index >= 15 is 0 Å². The number of hydrogen-bond donors (Lipinski definition) is 1. The fraction of sp³-hybridized carbons (Fsp3) is 0.500. The summed E-state index contributed by atoms with van der Waals surface area (Å²) < 4.78 is 25.6. The molecule has 3 nitrogen and oxygen atoms in total. The molecule has 1 aromatic rings. The molecule has 0 aliphatic rings. The molecule has 0 saturated carbocycles. The first-order valence-electron chi connectivity index (χ1n) is 4.01. The van der Waals surface area contributed by atoms with Crippen LogP contribution in [0.5, 0.6) is 0 Å². The van der Waals surface area contributed by atoms with Crippen molar-refractivity contribution in [1.82, 2.24) is 9.97 Å². The number of alkyl halides is 2. The standard InChI is InChI=1S/C8H10ClF2N3/c1-5(8(2,10)11)14-7-6(9)3-12-4-13-7/h3-5H,1-2H3,(H,12,13,14). The average molecular weight is 222 g/mol. The lowest BCUT2D eigenvalue weighted by Gasteiger charge is -2.21. The number of anilines is 1. The van der Waals surface area contributed by atoms with Crippen molar-refractivity contribution >= 4 is 17.4 Å². The van der Waals surface area contributed by atoms with Gasteiger partial charge < -0.3 is 5.32 Å². The lowest BCUT2D eigenvalue weighted by molar-refractivity contribution is 0.00689. The molecule has 0 aromatic carbocycles. The Balaban J connectivity index is 2.75. The van der Waals surface area contributed by atoms with E-state index in [0.29, 0.717) is 0 Å². The molecule has 1 atom stereocenters. The maximum absolute atomic E-state index is 12.8. The highest BCUT2D eigenvalue weighted by Crippen LogP contribution is 2.23. The highest BCUT2D eigenvalue weighted by molar-refractivity contribution is 6.32. The number of rotatable bonds is 3. The molecule has 0 amide bonds. The molecule has 1 rings (SSSR count). The Hall–Kier alpha value is -0.970. The van der Waals surface area contributed by atoms with Crippen molar-refractivity contribution in [2.45, 2.75) is 25.8 Å². The van der Waals surface area contributed by atoms with E-state index in [1.807, 2.05) is 0 Å². The number of nitrogens with zero attached hydrogens (tertiary/aromatic N) is 2. The van der Waals surface area contributed by atoms with Crippen LogP contribution in [0.3, 0.4) is 0 Å². The third kappa shape index (κ3) is 2.77. The van der Waals surface area contributed by atoms with E-state index in [0.717, 1.165) is 6.92 Å². The molecule has 0 radical (unpaired) electrons. The van der Waals surface area contributed by atoms with Gasteiger partial charge in [0.15, 0.2) is 0 Å². The highest BCUT2D eigenvalue weighted by Gasteiger charge is 2.30. The van der Waals surface area contributed by atoms with Crippen molar-refractivity contribution < 1.29 is 8.78 Å². The molecular weight excluding hydrogens is 212 g/mol. The SMILES string of the molecule is CC(Nc1ncncc1Cl)C(C)(F)F. The summed E-state index contributed by atoms with van der Waals surface area (Å²) in [6.07, 6.45) is 2.59.